The van der Waals surface area contributed by atoms with Crippen LogP contribution in [0.3, 0.4) is 0 Å². The summed E-state index contributed by atoms with van der Waals surface area (Å²) in [6, 6.07) is 7.53. The fourth-order valence-corrected chi connectivity index (χ4v) is 4.87. The van der Waals surface area contributed by atoms with E-state index in [2.05, 4.69) is 25.9 Å². The van der Waals surface area contributed by atoms with Gasteiger partial charge in [-0.05, 0) is 57.2 Å². The number of hydrogen-bond donors (Lipinski definition) is 3. The second-order valence-corrected chi connectivity index (χ2v) is 8.27. The number of thiophene rings is 1. The van der Waals surface area contributed by atoms with Crippen molar-refractivity contribution in [2.75, 3.05) is 23.7 Å². The van der Waals surface area contributed by atoms with Gasteiger partial charge in [0, 0.05) is 23.7 Å². The number of rotatable bonds is 5. The Kier molecular flexibility index (Phi) is 5.43. The Bertz CT molecular complexity index is 996. The summed E-state index contributed by atoms with van der Waals surface area (Å²) in [6.45, 7) is 5.06. The molecule has 7 heteroatoms. The minimum atomic E-state index is -0.206. The largest absolute Gasteiger partial charge is 0.368 e. The predicted molar refractivity (Wildman–Crippen MR) is 115 cm³/mol. The fourth-order valence-electron chi connectivity index (χ4n) is 3.56. The van der Waals surface area contributed by atoms with E-state index in [0.717, 1.165) is 40.6 Å². The molecule has 0 saturated heterocycles. The first-order valence-electron chi connectivity index (χ1n) is 9.74. The molecule has 0 spiro atoms. The summed E-state index contributed by atoms with van der Waals surface area (Å²) in [7, 11) is 0. The average molecular weight is 396 g/mol. The van der Waals surface area contributed by atoms with Crippen LogP contribution in [-0.2, 0) is 12.8 Å². The average Bonchev–Trinajstić information content (AvgIpc) is 3.05. The van der Waals surface area contributed by atoms with Crippen LogP contribution in [-0.4, -0.2) is 29.1 Å². The number of carbonyl (C=O) groups excluding carboxylic acids is 1. The summed E-state index contributed by atoms with van der Waals surface area (Å²) in [6.07, 6.45) is 4.74. The zero-order valence-electron chi connectivity index (χ0n) is 16.3. The molecule has 2 aromatic heterocycles. The fraction of sp³-hybridized carbons (Fsp3) is 0.381. The van der Waals surface area contributed by atoms with E-state index in [-0.39, 0.29) is 6.03 Å². The molecule has 6 nitrogen and oxygen atoms in total. The number of aryl methyl sites for hydroxylation is 4. The third kappa shape index (κ3) is 4.09. The van der Waals surface area contributed by atoms with Crippen LogP contribution in [0.15, 0.2) is 24.3 Å². The van der Waals surface area contributed by atoms with E-state index in [1.165, 1.54) is 28.7 Å². The highest BCUT2D eigenvalue weighted by Crippen LogP contribution is 2.38. The summed E-state index contributed by atoms with van der Waals surface area (Å²) in [4.78, 5) is 23.9. The van der Waals surface area contributed by atoms with Gasteiger partial charge < -0.3 is 16.0 Å². The van der Waals surface area contributed by atoms with Crippen LogP contribution in [0.4, 0.5) is 16.3 Å². The normalized spacial score (nSPS) is 13.2. The van der Waals surface area contributed by atoms with E-state index in [9.17, 15) is 4.79 Å². The third-order valence-electron chi connectivity index (χ3n) is 4.94. The SMILES string of the molecule is Cc1ccc(NC(=O)NCCNc2nc(C)nc3sc4c(c23)CCCC4)cc1. The van der Waals surface area contributed by atoms with Crippen molar-refractivity contribution in [2.45, 2.75) is 39.5 Å². The number of urea groups is 1. The maximum absolute atomic E-state index is 12.1. The molecule has 3 aromatic rings. The van der Waals surface area contributed by atoms with E-state index in [4.69, 9.17) is 0 Å². The molecule has 0 bridgehead atoms. The van der Waals surface area contributed by atoms with E-state index in [0.29, 0.717) is 13.1 Å². The standard InChI is InChI=1S/C21H25N5OS/c1-13-7-9-15(10-8-13)26-21(27)23-12-11-22-19-18-16-5-3-4-6-17(16)28-20(18)25-14(2)24-19/h7-10H,3-6,11-12H2,1-2H3,(H,22,24,25)(H2,23,26,27). The lowest BCUT2D eigenvalue weighted by Gasteiger charge is -2.13. The highest BCUT2D eigenvalue weighted by Gasteiger charge is 2.20. The number of anilines is 2. The van der Waals surface area contributed by atoms with Crippen molar-refractivity contribution in [3.63, 3.8) is 0 Å². The minimum absolute atomic E-state index is 0.206. The molecular formula is C21H25N5OS. The number of benzene rings is 1. The molecule has 146 valence electrons. The second kappa shape index (κ2) is 8.14. The molecule has 0 radical (unpaired) electrons. The Morgan fingerprint density at radius 1 is 1.07 bits per heavy atom. The van der Waals surface area contributed by atoms with Gasteiger partial charge in [0.05, 0.1) is 5.39 Å². The van der Waals surface area contributed by atoms with Gasteiger partial charge in [0.15, 0.2) is 0 Å². The van der Waals surface area contributed by atoms with Gasteiger partial charge in [0.2, 0.25) is 0 Å². The smallest absolute Gasteiger partial charge is 0.319 e. The summed E-state index contributed by atoms with van der Waals surface area (Å²) in [5, 5.41) is 10.3. The van der Waals surface area contributed by atoms with Gasteiger partial charge in [0.25, 0.3) is 0 Å². The monoisotopic (exact) mass is 395 g/mol. The van der Waals surface area contributed by atoms with Crippen molar-refractivity contribution in [2.24, 2.45) is 0 Å². The molecular weight excluding hydrogens is 370 g/mol. The van der Waals surface area contributed by atoms with Crippen LogP contribution in [0.5, 0.6) is 0 Å². The Hall–Kier alpha value is -2.67. The molecule has 2 heterocycles. The lowest BCUT2D eigenvalue weighted by atomic mass is 9.97. The highest BCUT2D eigenvalue weighted by atomic mass is 32.1. The summed E-state index contributed by atoms with van der Waals surface area (Å²) < 4.78 is 0. The first kappa shape index (κ1) is 18.7. The number of fused-ring (bicyclic) bond motifs is 3. The lowest BCUT2D eigenvalue weighted by molar-refractivity contribution is 0.252. The highest BCUT2D eigenvalue weighted by molar-refractivity contribution is 7.19. The summed E-state index contributed by atoms with van der Waals surface area (Å²) in [5.41, 5.74) is 3.37. The Morgan fingerprint density at radius 2 is 1.86 bits per heavy atom. The van der Waals surface area contributed by atoms with Crippen molar-refractivity contribution in [3.05, 3.63) is 46.1 Å². The van der Waals surface area contributed by atoms with Gasteiger partial charge in [-0.25, -0.2) is 14.8 Å². The third-order valence-corrected chi connectivity index (χ3v) is 6.12. The quantitative estimate of drug-likeness (QED) is 0.559. The molecule has 0 aliphatic heterocycles. The number of hydrogen-bond acceptors (Lipinski definition) is 5. The maximum atomic E-state index is 12.1. The van der Waals surface area contributed by atoms with Crippen molar-refractivity contribution >= 4 is 39.1 Å². The van der Waals surface area contributed by atoms with Crippen molar-refractivity contribution < 1.29 is 4.79 Å². The van der Waals surface area contributed by atoms with E-state index >= 15 is 0 Å². The van der Waals surface area contributed by atoms with Crippen LogP contribution in [0.1, 0.15) is 34.7 Å². The Morgan fingerprint density at radius 3 is 2.68 bits per heavy atom. The molecule has 28 heavy (non-hydrogen) atoms. The molecule has 4 rings (SSSR count). The number of carbonyl (C=O) groups is 1. The topological polar surface area (TPSA) is 78.9 Å². The first-order chi connectivity index (χ1) is 13.6. The van der Waals surface area contributed by atoms with Crippen LogP contribution in [0, 0.1) is 13.8 Å². The number of aromatic nitrogens is 2. The van der Waals surface area contributed by atoms with Crippen LogP contribution >= 0.6 is 11.3 Å². The zero-order chi connectivity index (χ0) is 19.5. The van der Waals surface area contributed by atoms with Gasteiger partial charge in [-0.2, -0.15) is 0 Å². The number of amides is 2. The van der Waals surface area contributed by atoms with Crippen molar-refractivity contribution in [3.8, 4) is 0 Å². The molecule has 3 N–H and O–H groups in total. The zero-order valence-corrected chi connectivity index (χ0v) is 17.1. The van der Waals surface area contributed by atoms with Crippen molar-refractivity contribution in [1.29, 1.82) is 0 Å². The molecule has 0 atom stereocenters. The maximum Gasteiger partial charge on any atom is 0.319 e. The van der Waals surface area contributed by atoms with Crippen LogP contribution < -0.4 is 16.0 Å². The Labute approximate surface area is 168 Å². The molecule has 0 saturated carbocycles. The molecule has 1 aliphatic carbocycles. The summed E-state index contributed by atoms with van der Waals surface area (Å²) >= 11 is 1.80. The predicted octanol–water partition coefficient (Wildman–Crippen LogP) is 4.42. The van der Waals surface area contributed by atoms with Crippen LogP contribution in [0.25, 0.3) is 10.2 Å². The van der Waals surface area contributed by atoms with Gasteiger partial charge >= 0.3 is 6.03 Å². The molecule has 2 amide bonds. The second-order valence-electron chi connectivity index (χ2n) is 7.18. The summed E-state index contributed by atoms with van der Waals surface area (Å²) in [5.74, 6) is 1.67. The van der Waals surface area contributed by atoms with E-state index < -0.39 is 0 Å². The van der Waals surface area contributed by atoms with Crippen LogP contribution in [0.2, 0.25) is 0 Å². The first-order valence-corrected chi connectivity index (χ1v) is 10.6. The molecule has 0 unspecified atom stereocenters. The van der Waals surface area contributed by atoms with E-state index in [1.54, 1.807) is 11.3 Å². The number of nitrogens with one attached hydrogen (secondary N) is 3. The molecule has 0 fully saturated rings. The Balaban J connectivity index is 1.37. The van der Waals surface area contributed by atoms with Gasteiger partial charge in [-0.1, -0.05) is 17.7 Å². The molecule has 1 aliphatic rings. The van der Waals surface area contributed by atoms with Gasteiger partial charge in [-0.3, -0.25) is 0 Å². The van der Waals surface area contributed by atoms with E-state index in [1.807, 2.05) is 38.1 Å². The van der Waals surface area contributed by atoms with Gasteiger partial charge in [-0.15, -0.1) is 11.3 Å². The van der Waals surface area contributed by atoms with Gasteiger partial charge in [0.1, 0.15) is 16.5 Å². The number of nitrogens with zero attached hydrogens (tertiary/aromatic N) is 2. The van der Waals surface area contributed by atoms with Crippen molar-refractivity contribution in [1.82, 2.24) is 15.3 Å². The minimum Gasteiger partial charge on any atom is -0.368 e. The lowest BCUT2D eigenvalue weighted by Crippen LogP contribution is -2.32. The molecule has 1 aromatic carbocycles.